The van der Waals surface area contributed by atoms with Crippen LogP contribution in [0.25, 0.3) is 0 Å². The van der Waals surface area contributed by atoms with Crippen molar-refractivity contribution in [1.82, 2.24) is 0 Å². The quantitative estimate of drug-likeness (QED) is 0.550. The third-order valence-corrected chi connectivity index (χ3v) is 9.39. The smallest absolute Gasteiger partial charge is 0.302 e. The molecule has 0 heterocycles. The van der Waals surface area contributed by atoms with Gasteiger partial charge in [0.2, 0.25) is 0 Å². The largest absolute Gasteiger partial charge is 0.466 e. The van der Waals surface area contributed by atoms with Gasteiger partial charge in [-0.05, 0) is 91.8 Å². The van der Waals surface area contributed by atoms with Gasteiger partial charge >= 0.3 is 5.97 Å². The van der Waals surface area contributed by atoms with Gasteiger partial charge in [0.05, 0.1) is 12.7 Å². The molecule has 8 unspecified atom stereocenters. The lowest BCUT2D eigenvalue weighted by molar-refractivity contribution is -0.143. The van der Waals surface area contributed by atoms with Crippen molar-refractivity contribution in [2.24, 2.45) is 40.4 Å². The summed E-state index contributed by atoms with van der Waals surface area (Å²) in [6.45, 7) is 9.43. The average molecular weight is 375 g/mol. The van der Waals surface area contributed by atoms with Crippen molar-refractivity contribution in [1.29, 1.82) is 0 Å². The number of hydrogen-bond acceptors (Lipinski definition) is 3. The lowest BCUT2D eigenvalue weighted by Crippen LogP contribution is -2.51. The molecule has 8 atom stereocenters. The van der Waals surface area contributed by atoms with E-state index in [9.17, 15) is 9.90 Å². The third kappa shape index (κ3) is 3.09. The maximum absolute atomic E-state index is 11.3. The molecule has 152 valence electrons. The van der Waals surface area contributed by atoms with Crippen LogP contribution in [0.15, 0.2) is 11.6 Å². The molecule has 0 saturated heterocycles. The van der Waals surface area contributed by atoms with Crippen LogP contribution < -0.4 is 0 Å². The van der Waals surface area contributed by atoms with Gasteiger partial charge in [0.1, 0.15) is 0 Å². The molecule has 3 fully saturated rings. The summed E-state index contributed by atoms with van der Waals surface area (Å²) in [6, 6.07) is 0. The highest BCUT2D eigenvalue weighted by atomic mass is 16.5. The van der Waals surface area contributed by atoms with E-state index in [4.69, 9.17) is 4.74 Å². The van der Waals surface area contributed by atoms with Crippen LogP contribution in [-0.2, 0) is 9.53 Å². The minimum absolute atomic E-state index is 0.118. The van der Waals surface area contributed by atoms with Crippen LogP contribution in [0, 0.1) is 40.4 Å². The number of carbonyl (C=O) groups is 1. The van der Waals surface area contributed by atoms with E-state index in [0.717, 1.165) is 37.0 Å². The van der Waals surface area contributed by atoms with Gasteiger partial charge in [-0.3, -0.25) is 4.79 Å². The highest BCUT2D eigenvalue weighted by Gasteiger charge is 2.59. The van der Waals surface area contributed by atoms with Crippen molar-refractivity contribution >= 4 is 5.97 Å². The summed E-state index contributed by atoms with van der Waals surface area (Å²) in [6.07, 6.45) is 11.9. The zero-order valence-corrected chi connectivity index (χ0v) is 17.7. The van der Waals surface area contributed by atoms with Crippen LogP contribution in [0.3, 0.4) is 0 Å². The Morgan fingerprint density at radius 2 is 2.00 bits per heavy atom. The molecule has 27 heavy (non-hydrogen) atoms. The second kappa shape index (κ2) is 6.90. The fraction of sp³-hybridized carbons (Fsp3) is 0.875. The Morgan fingerprint density at radius 1 is 1.22 bits per heavy atom. The summed E-state index contributed by atoms with van der Waals surface area (Å²) >= 11 is 0. The maximum atomic E-state index is 11.3. The first kappa shape index (κ1) is 19.5. The van der Waals surface area contributed by atoms with Gasteiger partial charge < -0.3 is 9.84 Å². The third-order valence-electron chi connectivity index (χ3n) is 9.39. The van der Waals surface area contributed by atoms with E-state index < -0.39 is 0 Å². The van der Waals surface area contributed by atoms with Gasteiger partial charge in [-0.1, -0.05) is 32.4 Å². The molecule has 0 aromatic heterocycles. The van der Waals surface area contributed by atoms with E-state index in [2.05, 4.69) is 26.8 Å². The Balaban J connectivity index is 1.54. The molecule has 0 amide bonds. The summed E-state index contributed by atoms with van der Waals surface area (Å²) in [5, 5.41) is 10.2. The lowest BCUT2D eigenvalue weighted by Gasteiger charge is -2.58. The van der Waals surface area contributed by atoms with Gasteiger partial charge in [-0.2, -0.15) is 0 Å². The highest BCUT2D eigenvalue weighted by Crippen LogP contribution is 2.67. The minimum Gasteiger partial charge on any atom is -0.466 e. The molecule has 4 rings (SSSR count). The molecule has 4 aliphatic carbocycles. The first-order valence-electron chi connectivity index (χ1n) is 11.3. The molecule has 0 aliphatic heterocycles. The number of aliphatic hydroxyl groups excluding tert-OH is 1. The van der Waals surface area contributed by atoms with E-state index in [-0.39, 0.29) is 12.1 Å². The van der Waals surface area contributed by atoms with E-state index in [1.54, 1.807) is 5.57 Å². The fourth-order valence-corrected chi connectivity index (χ4v) is 7.98. The summed E-state index contributed by atoms with van der Waals surface area (Å²) in [4.78, 5) is 11.3. The van der Waals surface area contributed by atoms with Gasteiger partial charge in [0.25, 0.3) is 0 Å². The SMILES string of the molecule is CC(=O)OCC(C)C1CCC2C3CC=C4CC(O)CCC4(C)C3CCC12C. The van der Waals surface area contributed by atoms with E-state index in [1.165, 1.54) is 39.0 Å². The summed E-state index contributed by atoms with van der Waals surface area (Å²) in [7, 11) is 0. The molecule has 3 nitrogen and oxygen atoms in total. The first-order valence-corrected chi connectivity index (χ1v) is 11.3. The van der Waals surface area contributed by atoms with Crippen molar-refractivity contribution < 1.29 is 14.6 Å². The lowest BCUT2D eigenvalue weighted by atomic mass is 9.47. The molecule has 0 bridgehead atoms. The normalized spacial score (nSPS) is 47.3. The van der Waals surface area contributed by atoms with Crippen LogP contribution in [0.4, 0.5) is 0 Å². The number of esters is 1. The van der Waals surface area contributed by atoms with Gasteiger partial charge in [-0.25, -0.2) is 0 Å². The van der Waals surface area contributed by atoms with Crippen LogP contribution in [0.1, 0.15) is 79.1 Å². The minimum atomic E-state index is -0.150. The molecular weight excluding hydrogens is 336 g/mol. The van der Waals surface area contributed by atoms with Gasteiger partial charge in [-0.15, -0.1) is 0 Å². The van der Waals surface area contributed by atoms with Crippen molar-refractivity contribution in [2.75, 3.05) is 6.61 Å². The number of fused-ring (bicyclic) bond motifs is 5. The Kier molecular flexibility index (Phi) is 4.98. The van der Waals surface area contributed by atoms with Gasteiger partial charge in [0.15, 0.2) is 0 Å². The number of ether oxygens (including phenoxy) is 1. The monoisotopic (exact) mass is 374 g/mol. The molecule has 3 heteroatoms. The first-order chi connectivity index (χ1) is 12.8. The van der Waals surface area contributed by atoms with E-state index in [0.29, 0.717) is 29.3 Å². The standard InChI is InChI=1S/C24H38O3/c1-15(14-27-16(2)25)20-7-8-21-19-6-5-17-13-18(26)9-11-23(17,3)22(19)10-12-24(20,21)4/h5,15,18-22,26H,6-14H2,1-4H3. The van der Waals surface area contributed by atoms with Crippen LogP contribution in [-0.4, -0.2) is 23.8 Å². The number of aliphatic hydroxyl groups is 1. The Labute approximate surface area is 164 Å². The summed E-state index contributed by atoms with van der Waals surface area (Å²) < 4.78 is 5.37. The number of allylic oxidation sites excluding steroid dienone is 1. The van der Waals surface area contributed by atoms with Crippen molar-refractivity contribution in [3.8, 4) is 0 Å². The summed E-state index contributed by atoms with van der Waals surface area (Å²) in [5.74, 6) is 3.39. The second-order valence-corrected chi connectivity index (χ2v) is 10.7. The highest BCUT2D eigenvalue weighted by molar-refractivity contribution is 5.65. The number of carbonyl (C=O) groups excluding carboxylic acids is 1. The van der Waals surface area contributed by atoms with Crippen molar-refractivity contribution in [3.63, 3.8) is 0 Å². The summed E-state index contributed by atoms with van der Waals surface area (Å²) in [5.41, 5.74) is 2.28. The molecule has 0 spiro atoms. The zero-order valence-electron chi connectivity index (χ0n) is 17.7. The number of rotatable bonds is 3. The molecule has 3 saturated carbocycles. The molecule has 0 radical (unpaired) electrons. The van der Waals surface area contributed by atoms with Crippen LogP contribution in [0.5, 0.6) is 0 Å². The zero-order chi connectivity index (χ0) is 19.4. The molecule has 0 aromatic rings. The maximum Gasteiger partial charge on any atom is 0.302 e. The predicted octanol–water partition coefficient (Wildman–Crippen LogP) is 5.13. The van der Waals surface area contributed by atoms with E-state index in [1.807, 2.05) is 0 Å². The molecule has 1 N–H and O–H groups in total. The van der Waals surface area contributed by atoms with Crippen molar-refractivity contribution in [2.45, 2.75) is 85.2 Å². The van der Waals surface area contributed by atoms with Gasteiger partial charge in [0, 0.05) is 6.92 Å². The molecular formula is C24H38O3. The van der Waals surface area contributed by atoms with Crippen LogP contribution in [0.2, 0.25) is 0 Å². The van der Waals surface area contributed by atoms with E-state index >= 15 is 0 Å². The fourth-order valence-electron chi connectivity index (χ4n) is 7.98. The number of hydrogen-bond donors (Lipinski definition) is 1. The second-order valence-electron chi connectivity index (χ2n) is 10.7. The predicted molar refractivity (Wildman–Crippen MR) is 107 cm³/mol. The van der Waals surface area contributed by atoms with Crippen LogP contribution >= 0.6 is 0 Å². The molecule has 0 aromatic carbocycles. The Morgan fingerprint density at radius 3 is 2.74 bits per heavy atom. The van der Waals surface area contributed by atoms with Crippen molar-refractivity contribution in [3.05, 3.63) is 11.6 Å². The Hall–Kier alpha value is -0.830. The average Bonchev–Trinajstić information content (AvgIpc) is 2.97. The molecule has 4 aliphatic rings. The topological polar surface area (TPSA) is 46.5 Å². The Bertz CT molecular complexity index is 625.